The van der Waals surface area contributed by atoms with Gasteiger partial charge in [0.05, 0.1) is 16.3 Å². The Bertz CT molecular complexity index is 1590. The molecule has 0 atom stereocenters. The average molecular weight is 482 g/mol. The third-order valence-electron chi connectivity index (χ3n) is 5.57. The first-order valence-electron chi connectivity index (χ1n) is 11.1. The molecule has 0 unspecified atom stereocenters. The third-order valence-corrected chi connectivity index (χ3v) is 6.93. The fourth-order valence-electron chi connectivity index (χ4n) is 3.77. The first kappa shape index (κ1) is 22.5. The van der Waals surface area contributed by atoms with E-state index in [0.29, 0.717) is 23.4 Å². The zero-order chi connectivity index (χ0) is 24.3. The van der Waals surface area contributed by atoms with Crippen molar-refractivity contribution in [3.63, 3.8) is 0 Å². The smallest absolute Gasteiger partial charge is 0.263 e. The van der Waals surface area contributed by atoms with Gasteiger partial charge in [-0.3, -0.25) is 14.7 Å². The second kappa shape index (κ2) is 9.52. The molecule has 35 heavy (non-hydrogen) atoms. The van der Waals surface area contributed by atoms with E-state index >= 15 is 0 Å². The number of hydrogen-bond donors (Lipinski definition) is 2. The summed E-state index contributed by atoms with van der Waals surface area (Å²) >= 11 is 0. The molecule has 0 radical (unpaired) electrons. The Morgan fingerprint density at radius 3 is 2.34 bits per heavy atom. The molecule has 7 nitrogen and oxygen atoms in total. The summed E-state index contributed by atoms with van der Waals surface area (Å²) in [6, 6.07) is 25.9. The number of benzene rings is 2. The fraction of sp³-hybridized carbons (Fsp3) is 0.0741. The molecule has 3 heterocycles. The van der Waals surface area contributed by atoms with Gasteiger partial charge in [-0.15, -0.1) is 0 Å². The maximum absolute atomic E-state index is 13.2. The van der Waals surface area contributed by atoms with Gasteiger partial charge >= 0.3 is 0 Å². The standard InChI is InChI=1S/C27H23N5O2S/c1-19-7-5-15-28-25(19)24-17-21-10-6-16-29-26(21)27(31-24)32-35(33,34)23-13-11-22(12-14-23)30-18-20-8-3-2-4-9-20/h2-17,30H,18H2,1H3,(H,31,32). The van der Waals surface area contributed by atoms with E-state index in [1.807, 2.05) is 61.5 Å². The molecule has 8 heteroatoms. The van der Waals surface area contributed by atoms with Crippen molar-refractivity contribution in [1.29, 1.82) is 0 Å². The number of sulfonamides is 1. The van der Waals surface area contributed by atoms with Crippen molar-refractivity contribution >= 4 is 32.4 Å². The van der Waals surface area contributed by atoms with Gasteiger partial charge in [0.15, 0.2) is 5.82 Å². The van der Waals surface area contributed by atoms with Gasteiger partial charge in [0.2, 0.25) is 0 Å². The van der Waals surface area contributed by atoms with E-state index in [1.54, 1.807) is 42.7 Å². The minimum Gasteiger partial charge on any atom is -0.381 e. The molecule has 174 valence electrons. The largest absolute Gasteiger partial charge is 0.381 e. The SMILES string of the molecule is Cc1cccnc1-c1cc2cccnc2c(NS(=O)(=O)c2ccc(NCc3ccccc3)cc2)n1. The summed E-state index contributed by atoms with van der Waals surface area (Å²) in [6.07, 6.45) is 3.30. The van der Waals surface area contributed by atoms with Crippen molar-refractivity contribution in [1.82, 2.24) is 15.0 Å². The Labute approximate surface area is 204 Å². The molecular formula is C27H23N5O2S. The van der Waals surface area contributed by atoms with Crippen LogP contribution in [0.25, 0.3) is 22.3 Å². The quantitative estimate of drug-likeness (QED) is 0.322. The molecule has 0 aliphatic heterocycles. The Kier molecular flexibility index (Phi) is 6.12. The summed E-state index contributed by atoms with van der Waals surface area (Å²) < 4.78 is 29.1. The lowest BCUT2D eigenvalue weighted by Gasteiger charge is -2.13. The van der Waals surface area contributed by atoms with Crippen LogP contribution in [-0.4, -0.2) is 23.4 Å². The monoisotopic (exact) mass is 481 g/mol. The van der Waals surface area contributed by atoms with E-state index in [0.717, 1.165) is 22.2 Å². The number of aromatic nitrogens is 3. The molecule has 0 saturated heterocycles. The van der Waals surface area contributed by atoms with Gasteiger partial charge in [0.1, 0.15) is 5.52 Å². The van der Waals surface area contributed by atoms with Gasteiger partial charge < -0.3 is 5.32 Å². The minimum atomic E-state index is -3.90. The van der Waals surface area contributed by atoms with Crippen molar-refractivity contribution in [3.8, 4) is 11.4 Å². The van der Waals surface area contributed by atoms with Crippen LogP contribution in [0.15, 0.2) is 102 Å². The molecule has 0 spiro atoms. The van der Waals surface area contributed by atoms with Gasteiger partial charge in [0.25, 0.3) is 10.0 Å². The van der Waals surface area contributed by atoms with E-state index in [9.17, 15) is 8.42 Å². The Hall–Kier alpha value is -4.30. The van der Waals surface area contributed by atoms with Crippen LogP contribution < -0.4 is 10.0 Å². The van der Waals surface area contributed by atoms with Crippen LogP contribution in [0.1, 0.15) is 11.1 Å². The second-order valence-corrected chi connectivity index (χ2v) is 9.75. The highest BCUT2D eigenvalue weighted by atomic mass is 32.2. The third kappa shape index (κ3) is 4.97. The van der Waals surface area contributed by atoms with Crippen LogP contribution in [0.3, 0.4) is 0 Å². The number of nitrogens with one attached hydrogen (secondary N) is 2. The molecule has 0 aliphatic rings. The topological polar surface area (TPSA) is 96.9 Å². The Balaban J connectivity index is 1.43. The first-order chi connectivity index (χ1) is 17.0. The lowest BCUT2D eigenvalue weighted by Crippen LogP contribution is -2.15. The average Bonchev–Trinajstić information content (AvgIpc) is 2.88. The van der Waals surface area contributed by atoms with Gasteiger partial charge in [-0.2, -0.15) is 0 Å². The maximum Gasteiger partial charge on any atom is 0.263 e. The highest BCUT2D eigenvalue weighted by Crippen LogP contribution is 2.28. The summed E-state index contributed by atoms with van der Waals surface area (Å²) in [7, 11) is -3.90. The molecule has 0 bridgehead atoms. The van der Waals surface area contributed by atoms with E-state index in [4.69, 9.17) is 0 Å². The van der Waals surface area contributed by atoms with Crippen LogP contribution in [0.2, 0.25) is 0 Å². The van der Waals surface area contributed by atoms with Gasteiger partial charge in [-0.25, -0.2) is 13.4 Å². The molecular weight excluding hydrogens is 458 g/mol. The van der Waals surface area contributed by atoms with Gasteiger partial charge in [0, 0.05) is 30.0 Å². The predicted octanol–water partition coefficient (Wildman–Crippen LogP) is 5.41. The van der Waals surface area contributed by atoms with Crippen molar-refractivity contribution in [3.05, 3.63) is 108 Å². The molecule has 0 amide bonds. The summed E-state index contributed by atoms with van der Waals surface area (Å²) in [5.41, 5.74) is 4.63. The van der Waals surface area contributed by atoms with Crippen molar-refractivity contribution in [2.75, 3.05) is 10.0 Å². The number of anilines is 2. The molecule has 2 aromatic carbocycles. The van der Waals surface area contributed by atoms with Crippen LogP contribution in [-0.2, 0) is 16.6 Å². The van der Waals surface area contributed by atoms with Crippen LogP contribution in [0.5, 0.6) is 0 Å². The van der Waals surface area contributed by atoms with Gasteiger partial charge in [-0.1, -0.05) is 42.5 Å². The Morgan fingerprint density at radius 2 is 1.57 bits per heavy atom. The van der Waals surface area contributed by atoms with E-state index in [1.165, 1.54) is 0 Å². The number of hydrogen-bond acceptors (Lipinski definition) is 6. The Morgan fingerprint density at radius 1 is 0.829 bits per heavy atom. The fourth-order valence-corrected chi connectivity index (χ4v) is 4.78. The number of aryl methyl sites for hydroxylation is 1. The molecule has 0 saturated carbocycles. The summed E-state index contributed by atoms with van der Waals surface area (Å²) in [4.78, 5) is 13.5. The van der Waals surface area contributed by atoms with Crippen LogP contribution in [0, 0.1) is 6.92 Å². The lowest BCUT2D eigenvalue weighted by atomic mass is 10.1. The van der Waals surface area contributed by atoms with Crippen molar-refractivity contribution in [2.24, 2.45) is 0 Å². The summed E-state index contributed by atoms with van der Waals surface area (Å²) in [5.74, 6) is 0.162. The summed E-state index contributed by atoms with van der Waals surface area (Å²) in [6.45, 7) is 2.58. The zero-order valence-electron chi connectivity index (χ0n) is 19.0. The lowest BCUT2D eigenvalue weighted by molar-refractivity contribution is 0.601. The van der Waals surface area contributed by atoms with Gasteiger partial charge in [-0.05, 0) is 60.5 Å². The molecule has 0 aliphatic carbocycles. The van der Waals surface area contributed by atoms with E-state index in [2.05, 4.69) is 25.0 Å². The molecule has 5 rings (SSSR count). The molecule has 5 aromatic rings. The second-order valence-electron chi connectivity index (χ2n) is 8.07. The first-order valence-corrected chi connectivity index (χ1v) is 12.6. The molecule has 2 N–H and O–H groups in total. The number of nitrogens with zero attached hydrogens (tertiary/aromatic N) is 3. The predicted molar refractivity (Wildman–Crippen MR) is 139 cm³/mol. The minimum absolute atomic E-state index is 0.132. The van der Waals surface area contributed by atoms with Crippen LogP contribution >= 0.6 is 0 Å². The summed E-state index contributed by atoms with van der Waals surface area (Å²) in [5, 5.41) is 4.06. The van der Waals surface area contributed by atoms with Crippen LogP contribution in [0.4, 0.5) is 11.5 Å². The maximum atomic E-state index is 13.2. The highest BCUT2D eigenvalue weighted by Gasteiger charge is 2.19. The van der Waals surface area contributed by atoms with Crippen molar-refractivity contribution in [2.45, 2.75) is 18.4 Å². The zero-order valence-corrected chi connectivity index (χ0v) is 19.8. The molecule has 0 fully saturated rings. The molecule has 3 aromatic heterocycles. The number of pyridine rings is 3. The van der Waals surface area contributed by atoms with E-state index in [-0.39, 0.29) is 10.7 Å². The normalized spacial score (nSPS) is 11.3. The van der Waals surface area contributed by atoms with Crippen molar-refractivity contribution < 1.29 is 8.42 Å². The van der Waals surface area contributed by atoms with E-state index < -0.39 is 10.0 Å². The number of fused-ring (bicyclic) bond motifs is 1. The number of rotatable bonds is 7. The highest BCUT2D eigenvalue weighted by molar-refractivity contribution is 7.92.